The van der Waals surface area contributed by atoms with Crippen molar-refractivity contribution in [1.29, 1.82) is 0 Å². The highest BCUT2D eigenvalue weighted by Gasteiger charge is 2.31. The summed E-state index contributed by atoms with van der Waals surface area (Å²) in [5.41, 5.74) is 0. The third-order valence-electron chi connectivity index (χ3n) is 3.35. The predicted molar refractivity (Wildman–Crippen MR) is 52.9 cm³/mol. The molecule has 2 heterocycles. The first kappa shape index (κ1) is 9.44. The number of ether oxygens (including phenoxy) is 1. The van der Waals surface area contributed by atoms with E-state index in [0.717, 1.165) is 19.1 Å². The lowest BCUT2D eigenvalue weighted by atomic mass is 10.2. The third-order valence-corrected chi connectivity index (χ3v) is 3.35. The zero-order valence-electron chi connectivity index (χ0n) is 8.62. The van der Waals surface area contributed by atoms with E-state index in [9.17, 15) is 0 Å². The predicted octanol–water partition coefficient (Wildman–Crippen LogP) is 0.457. The van der Waals surface area contributed by atoms with Crippen LogP contribution in [0.2, 0.25) is 0 Å². The molecule has 2 saturated heterocycles. The van der Waals surface area contributed by atoms with Gasteiger partial charge in [0, 0.05) is 38.8 Å². The maximum absolute atomic E-state index is 5.37. The largest absolute Gasteiger partial charge is 0.380 e. The van der Waals surface area contributed by atoms with Crippen LogP contribution >= 0.6 is 0 Å². The molecule has 2 aliphatic rings. The van der Waals surface area contributed by atoms with Gasteiger partial charge in [-0.05, 0) is 19.8 Å². The molecule has 1 N–H and O–H groups in total. The Balaban J connectivity index is 1.82. The van der Waals surface area contributed by atoms with Crippen molar-refractivity contribution in [1.82, 2.24) is 10.2 Å². The molecule has 0 aromatic heterocycles. The highest BCUT2D eigenvalue weighted by Crippen LogP contribution is 2.20. The second-order valence-corrected chi connectivity index (χ2v) is 4.34. The molecule has 3 unspecified atom stereocenters. The van der Waals surface area contributed by atoms with Crippen molar-refractivity contribution < 1.29 is 4.74 Å². The lowest BCUT2D eigenvalue weighted by molar-refractivity contribution is 0.102. The second kappa shape index (κ2) is 3.95. The molecule has 2 fully saturated rings. The number of nitrogens with one attached hydrogen (secondary N) is 1. The van der Waals surface area contributed by atoms with E-state index in [-0.39, 0.29) is 0 Å². The number of methoxy groups -OCH3 is 1. The van der Waals surface area contributed by atoms with Crippen LogP contribution in [0.4, 0.5) is 0 Å². The lowest BCUT2D eigenvalue weighted by Crippen LogP contribution is -2.35. The molecule has 76 valence electrons. The van der Waals surface area contributed by atoms with Crippen LogP contribution in [0.3, 0.4) is 0 Å². The highest BCUT2D eigenvalue weighted by atomic mass is 16.5. The van der Waals surface area contributed by atoms with E-state index in [2.05, 4.69) is 17.1 Å². The molecule has 2 aliphatic heterocycles. The first-order chi connectivity index (χ1) is 6.29. The van der Waals surface area contributed by atoms with Gasteiger partial charge in [-0.2, -0.15) is 0 Å². The molecule has 3 heteroatoms. The number of hydrogen-bond acceptors (Lipinski definition) is 3. The summed E-state index contributed by atoms with van der Waals surface area (Å²) in [5, 5.41) is 3.50. The molecule has 0 bridgehead atoms. The fourth-order valence-corrected chi connectivity index (χ4v) is 2.47. The fraction of sp³-hybridized carbons (Fsp3) is 1.00. The molecule has 0 spiro atoms. The summed E-state index contributed by atoms with van der Waals surface area (Å²) in [5.74, 6) is 0. The van der Waals surface area contributed by atoms with Crippen molar-refractivity contribution in [2.75, 3.05) is 26.7 Å². The average molecular weight is 184 g/mol. The molecule has 13 heavy (non-hydrogen) atoms. The van der Waals surface area contributed by atoms with E-state index >= 15 is 0 Å². The standard InChI is InChI=1S/C10H20N2O/c1-8-5-9(6-11-8)12-4-3-10(7-12)13-2/h8-11H,3-7H2,1-2H3. The Hall–Kier alpha value is -0.120. The van der Waals surface area contributed by atoms with Crippen LogP contribution in [0.15, 0.2) is 0 Å². The van der Waals surface area contributed by atoms with Crippen molar-refractivity contribution in [3.05, 3.63) is 0 Å². The summed E-state index contributed by atoms with van der Waals surface area (Å²) in [6.07, 6.45) is 2.99. The number of rotatable bonds is 2. The smallest absolute Gasteiger partial charge is 0.0710 e. The molecule has 3 atom stereocenters. The normalized spacial score (nSPS) is 41.5. The minimum absolute atomic E-state index is 0.482. The molecule has 0 amide bonds. The zero-order valence-corrected chi connectivity index (χ0v) is 8.62. The Kier molecular flexibility index (Phi) is 2.86. The van der Waals surface area contributed by atoms with E-state index < -0.39 is 0 Å². The molecule has 3 nitrogen and oxygen atoms in total. The topological polar surface area (TPSA) is 24.5 Å². The Morgan fingerprint density at radius 2 is 2.31 bits per heavy atom. The molecule has 0 aromatic carbocycles. The van der Waals surface area contributed by atoms with E-state index in [0.29, 0.717) is 12.1 Å². The summed E-state index contributed by atoms with van der Waals surface area (Å²) in [6, 6.07) is 1.46. The van der Waals surface area contributed by atoms with Crippen molar-refractivity contribution in [3.8, 4) is 0 Å². The van der Waals surface area contributed by atoms with Crippen LogP contribution < -0.4 is 5.32 Å². The molecule has 0 saturated carbocycles. The maximum Gasteiger partial charge on any atom is 0.0710 e. The Morgan fingerprint density at radius 3 is 2.85 bits per heavy atom. The average Bonchev–Trinajstić information content (AvgIpc) is 2.71. The van der Waals surface area contributed by atoms with Crippen molar-refractivity contribution in [2.24, 2.45) is 0 Å². The Labute approximate surface area is 80.4 Å². The fourth-order valence-electron chi connectivity index (χ4n) is 2.47. The molecule has 0 radical (unpaired) electrons. The third kappa shape index (κ3) is 2.03. The number of likely N-dealkylation sites (tertiary alicyclic amines) is 1. The van der Waals surface area contributed by atoms with Crippen LogP contribution in [0.5, 0.6) is 0 Å². The van der Waals surface area contributed by atoms with Gasteiger partial charge in [0.1, 0.15) is 0 Å². The van der Waals surface area contributed by atoms with Crippen LogP contribution in [0, 0.1) is 0 Å². The van der Waals surface area contributed by atoms with Gasteiger partial charge in [-0.3, -0.25) is 4.90 Å². The lowest BCUT2D eigenvalue weighted by Gasteiger charge is -2.22. The van der Waals surface area contributed by atoms with Gasteiger partial charge in [0.2, 0.25) is 0 Å². The van der Waals surface area contributed by atoms with Gasteiger partial charge in [-0.1, -0.05) is 0 Å². The highest BCUT2D eigenvalue weighted by molar-refractivity contribution is 4.89. The van der Waals surface area contributed by atoms with E-state index in [1.54, 1.807) is 0 Å². The number of hydrogen-bond donors (Lipinski definition) is 1. The van der Waals surface area contributed by atoms with Crippen molar-refractivity contribution in [3.63, 3.8) is 0 Å². The minimum Gasteiger partial charge on any atom is -0.380 e. The molecule has 0 aromatic rings. The molecular formula is C10H20N2O. The quantitative estimate of drug-likeness (QED) is 0.674. The summed E-state index contributed by atoms with van der Waals surface area (Å²) in [6.45, 7) is 5.79. The van der Waals surface area contributed by atoms with E-state index in [4.69, 9.17) is 4.74 Å². The zero-order chi connectivity index (χ0) is 9.26. The Morgan fingerprint density at radius 1 is 1.46 bits per heavy atom. The monoisotopic (exact) mass is 184 g/mol. The van der Waals surface area contributed by atoms with Crippen LogP contribution in [0.25, 0.3) is 0 Å². The summed E-state index contributed by atoms with van der Waals surface area (Å²) in [7, 11) is 1.82. The van der Waals surface area contributed by atoms with Gasteiger partial charge < -0.3 is 10.1 Å². The minimum atomic E-state index is 0.482. The van der Waals surface area contributed by atoms with Crippen molar-refractivity contribution in [2.45, 2.75) is 38.0 Å². The SMILES string of the molecule is COC1CCN(C2CNC(C)C2)C1. The van der Waals surface area contributed by atoms with Crippen molar-refractivity contribution >= 4 is 0 Å². The van der Waals surface area contributed by atoms with Gasteiger partial charge >= 0.3 is 0 Å². The van der Waals surface area contributed by atoms with Gasteiger partial charge in [-0.15, -0.1) is 0 Å². The summed E-state index contributed by atoms with van der Waals surface area (Å²) < 4.78 is 5.37. The van der Waals surface area contributed by atoms with E-state index in [1.165, 1.54) is 19.4 Å². The van der Waals surface area contributed by atoms with Gasteiger partial charge in [0.15, 0.2) is 0 Å². The van der Waals surface area contributed by atoms with Gasteiger partial charge in [-0.25, -0.2) is 0 Å². The Bertz CT molecular complexity index is 174. The van der Waals surface area contributed by atoms with Crippen LogP contribution in [-0.2, 0) is 4.74 Å². The maximum atomic E-state index is 5.37. The summed E-state index contributed by atoms with van der Waals surface area (Å²) in [4.78, 5) is 2.57. The number of nitrogens with zero attached hydrogens (tertiary/aromatic N) is 1. The van der Waals surface area contributed by atoms with Crippen LogP contribution in [-0.4, -0.2) is 49.8 Å². The molecule has 0 aliphatic carbocycles. The van der Waals surface area contributed by atoms with E-state index in [1.807, 2.05) is 7.11 Å². The first-order valence-electron chi connectivity index (χ1n) is 5.30. The second-order valence-electron chi connectivity index (χ2n) is 4.34. The van der Waals surface area contributed by atoms with Gasteiger partial charge in [0.05, 0.1) is 6.10 Å². The first-order valence-corrected chi connectivity index (χ1v) is 5.30. The summed E-state index contributed by atoms with van der Waals surface area (Å²) >= 11 is 0. The van der Waals surface area contributed by atoms with Gasteiger partial charge in [0.25, 0.3) is 0 Å². The molecular weight excluding hydrogens is 164 g/mol. The van der Waals surface area contributed by atoms with Crippen LogP contribution in [0.1, 0.15) is 19.8 Å². The molecule has 2 rings (SSSR count).